The predicted molar refractivity (Wildman–Crippen MR) is 51.4 cm³/mol. The zero-order chi connectivity index (χ0) is 10.7. The number of esters is 1. The van der Waals surface area contributed by atoms with Crippen LogP contribution >= 0.6 is 0 Å². The highest BCUT2D eigenvalue weighted by molar-refractivity contribution is 5.90. The maximum atomic E-state index is 13.3. The lowest BCUT2D eigenvalue weighted by Crippen LogP contribution is -2.13. The molecule has 0 aliphatic carbocycles. The first-order valence-electron chi connectivity index (χ1n) is 4.27. The molecule has 3 nitrogen and oxygen atoms in total. The summed E-state index contributed by atoms with van der Waals surface area (Å²) in [6.07, 6.45) is -0.275. The Bertz CT molecular complexity index is 350. The summed E-state index contributed by atoms with van der Waals surface area (Å²) in [5.41, 5.74) is 5.13. The van der Waals surface area contributed by atoms with Gasteiger partial charge in [-0.2, -0.15) is 0 Å². The number of benzene rings is 1. The summed E-state index contributed by atoms with van der Waals surface area (Å²) in [4.78, 5) is 11.3. The fourth-order valence-corrected chi connectivity index (χ4v) is 0.985. The molecule has 4 heteroatoms. The zero-order valence-electron chi connectivity index (χ0n) is 8.08. The van der Waals surface area contributed by atoms with Gasteiger partial charge in [-0.15, -0.1) is 0 Å². The molecule has 14 heavy (non-hydrogen) atoms. The van der Waals surface area contributed by atoms with Gasteiger partial charge >= 0.3 is 5.97 Å². The first-order chi connectivity index (χ1) is 6.52. The van der Waals surface area contributed by atoms with Gasteiger partial charge in [0.15, 0.2) is 5.82 Å². The number of carbonyl (C=O) groups excluding carboxylic acids is 1. The van der Waals surface area contributed by atoms with Gasteiger partial charge in [0, 0.05) is 0 Å². The maximum absolute atomic E-state index is 13.3. The second kappa shape index (κ2) is 4.09. The Labute approximate surface area is 81.7 Å². The van der Waals surface area contributed by atoms with E-state index in [2.05, 4.69) is 0 Å². The van der Waals surface area contributed by atoms with Crippen molar-refractivity contribution in [2.24, 2.45) is 0 Å². The zero-order valence-corrected chi connectivity index (χ0v) is 8.08. The summed E-state index contributed by atoms with van der Waals surface area (Å²) in [6.45, 7) is 3.39. The Kier molecular flexibility index (Phi) is 3.06. The highest BCUT2D eigenvalue weighted by atomic mass is 19.1. The number of ether oxygens (including phenoxy) is 1. The molecule has 0 fully saturated rings. The van der Waals surface area contributed by atoms with Crippen molar-refractivity contribution >= 4 is 11.7 Å². The van der Waals surface area contributed by atoms with Crippen LogP contribution in [-0.2, 0) is 4.74 Å². The molecule has 0 aromatic heterocycles. The molecule has 0 bridgehead atoms. The van der Waals surface area contributed by atoms with Crippen LogP contribution in [0.3, 0.4) is 0 Å². The average Bonchev–Trinajstić information content (AvgIpc) is 2.08. The lowest BCUT2D eigenvalue weighted by atomic mass is 10.2. The molecule has 0 saturated carbocycles. The molecule has 0 spiro atoms. The second-order valence-corrected chi connectivity index (χ2v) is 3.16. The van der Waals surface area contributed by atoms with Crippen LogP contribution in [-0.4, -0.2) is 12.1 Å². The van der Waals surface area contributed by atoms with Crippen molar-refractivity contribution in [3.63, 3.8) is 0 Å². The standard InChI is InChI=1S/C10H12FNO2/c1-6(2)14-10(13)7-4-3-5-8(12)9(7)11/h3-6H,12H2,1-2H3. The summed E-state index contributed by atoms with van der Waals surface area (Å²) < 4.78 is 18.1. The van der Waals surface area contributed by atoms with Gasteiger partial charge < -0.3 is 10.5 Å². The molecule has 0 aliphatic rings. The monoisotopic (exact) mass is 197 g/mol. The van der Waals surface area contributed by atoms with E-state index in [1.54, 1.807) is 13.8 Å². The molecule has 0 radical (unpaired) electrons. The second-order valence-electron chi connectivity index (χ2n) is 3.16. The van der Waals surface area contributed by atoms with Crippen LogP contribution < -0.4 is 5.73 Å². The largest absolute Gasteiger partial charge is 0.459 e. The van der Waals surface area contributed by atoms with E-state index in [0.717, 1.165) is 0 Å². The predicted octanol–water partition coefficient (Wildman–Crippen LogP) is 1.97. The van der Waals surface area contributed by atoms with Gasteiger partial charge in [-0.25, -0.2) is 9.18 Å². The molecule has 0 atom stereocenters. The van der Waals surface area contributed by atoms with E-state index in [1.807, 2.05) is 0 Å². The SMILES string of the molecule is CC(C)OC(=O)c1cccc(N)c1F. The van der Waals surface area contributed by atoms with E-state index in [-0.39, 0.29) is 17.4 Å². The average molecular weight is 197 g/mol. The Balaban J connectivity index is 2.96. The fraction of sp³-hybridized carbons (Fsp3) is 0.300. The molecule has 0 saturated heterocycles. The Morgan fingerprint density at radius 1 is 1.50 bits per heavy atom. The summed E-state index contributed by atoms with van der Waals surface area (Å²) >= 11 is 0. The highest BCUT2D eigenvalue weighted by Crippen LogP contribution is 2.15. The van der Waals surface area contributed by atoms with E-state index in [9.17, 15) is 9.18 Å². The van der Waals surface area contributed by atoms with Crippen LogP contribution in [0.1, 0.15) is 24.2 Å². The van der Waals surface area contributed by atoms with Crippen molar-refractivity contribution in [3.8, 4) is 0 Å². The fourth-order valence-electron chi connectivity index (χ4n) is 0.985. The molecule has 1 rings (SSSR count). The molecular weight excluding hydrogens is 185 g/mol. The van der Waals surface area contributed by atoms with Gasteiger partial charge in [0.25, 0.3) is 0 Å². The number of hydrogen-bond donors (Lipinski definition) is 1. The third-order valence-electron chi connectivity index (χ3n) is 1.59. The Morgan fingerprint density at radius 3 is 2.71 bits per heavy atom. The van der Waals surface area contributed by atoms with Crippen molar-refractivity contribution in [3.05, 3.63) is 29.6 Å². The molecule has 76 valence electrons. The summed E-state index contributed by atoms with van der Waals surface area (Å²) in [5, 5.41) is 0. The van der Waals surface area contributed by atoms with Crippen molar-refractivity contribution in [2.75, 3.05) is 5.73 Å². The lowest BCUT2D eigenvalue weighted by molar-refractivity contribution is 0.0373. The quantitative estimate of drug-likeness (QED) is 0.582. The topological polar surface area (TPSA) is 52.3 Å². The number of halogens is 1. The van der Waals surface area contributed by atoms with Crippen LogP contribution in [0.15, 0.2) is 18.2 Å². The van der Waals surface area contributed by atoms with Crippen molar-refractivity contribution in [1.29, 1.82) is 0 Å². The summed E-state index contributed by atoms with van der Waals surface area (Å²) in [5.74, 6) is -1.41. The number of anilines is 1. The Morgan fingerprint density at radius 2 is 2.14 bits per heavy atom. The third-order valence-corrected chi connectivity index (χ3v) is 1.59. The minimum atomic E-state index is -0.724. The highest BCUT2D eigenvalue weighted by Gasteiger charge is 2.15. The third kappa shape index (κ3) is 2.22. The van der Waals surface area contributed by atoms with Crippen molar-refractivity contribution in [1.82, 2.24) is 0 Å². The van der Waals surface area contributed by atoms with Gasteiger partial charge in [0.1, 0.15) is 0 Å². The van der Waals surface area contributed by atoms with E-state index in [1.165, 1.54) is 18.2 Å². The number of carbonyl (C=O) groups is 1. The van der Waals surface area contributed by atoms with E-state index in [0.29, 0.717) is 0 Å². The minimum Gasteiger partial charge on any atom is -0.459 e. The molecule has 1 aromatic carbocycles. The molecular formula is C10H12FNO2. The first-order valence-corrected chi connectivity index (χ1v) is 4.27. The van der Waals surface area contributed by atoms with Gasteiger partial charge in [-0.1, -0.05) is 6.07 Å². The van der Waals surface area contributed by atoms with Crippen LogP contribution in [0.4, 0.5) is 10.1 Å². The smallest absolute Gasteiger partial charge is 0.341 e. The lowest BCUT2D eigenvalue weighted by Gasteiger charge is -2.08. The normalized spacial score (nSPS) is 10.3. The molecule has 0 amide bonds. The number of nitrogens with two attached hydrogens (primary N) is 1. The van der Waals surface area contributed by atoms with Crippen LogP contribution in [0, 0.1) is 5.82 Å². The van der Waals surface area contributed by atoms with E-state index in [4.69, 9.17) is 10.5 Å². The van der Waals surface area contributed by atoms with Crippen molar-refractivity contribution in [2.45, 2.75) is 20.0 Å². The maximum Gasteiger partial charge on any atom is 0.341 e. The van der Waals surface area contributed by atoms with Crippen LogP contribution in [0.25, 0.3) is 0 Å². The number of hydrogen-bond acceptors (Lipinski definition) is 3. The Hall–Kier alpha value is -1.58. The van der Waals surface area contributed by atoms with Crippen LogP contribution in [0.2, 0.25) is 0 Å². The van der Waals surface area contributed by atoms with E-state index >= 15 is 0 Å². The van der Waals surface area contributed by atoms with Gasteiger partial charge in [0.2, 0.25) is 0 Å². The van der Waals surface area contributed by atoms with Gasteiger partial charge in [0.05, 0.1) is 17.4 Å². The van der Waals surface area contributed by atoms with E-state index < -0.39 is 11.8 Å². The number of rotatable bonds is 2. The molecule has 0 heterocycles. The van der Waals surface area contributed by atoms with Gasteiger partial charge in [-0.05, 0) is 26.0 Å². The summed E-state index contributed by atoms with van der Waals surface area (Å²) in [6, 6.07) is 4.24. The minimum absolute atomic E-state index is 0.0526. The van der Waals surface area contributed by atoms with Crippen LogP contribution in [0.5, 0.6) is 0 Å². The molecule has 0 unspecified atom stereocenters. The first kappa shape index (κ1) is 10.5. The molecule has 0 aliphatic heterocycles. The van der Waals surface area contributed by atoms with Gasteiger partial charge in [-0.3, -0.25) is 0 Å². The molecule has 2 N–H and O–H groups in total. The number of nitrogen functional groups attached to an aromatic ring is 1. The van der Waals surface area contributed by atoms with Crippen molar-refractivity contribution < 1.29 is 13.9 Å². The molecule has 1 aromatic rings. The summed E-state index contributed by atoms with van der Waals surface area (Å²) in [7, 11) is 0.